The smallest absolute Gasteiger partial charge is 0.250 e. The van der Waals surface area contributed by atoms with Gasteiger partial charge in [-0.3, -0.25) is 9.36 Å². The Hall–Kier alpha value is -3.91. The number of nitrogens with one attached hydrogen (secondary N) is 2. The third-order valence-electron chi connectivity index (χ3n) is 7.71. The molecular weight excluding hydrogens is 564 g/mol. The molecule has 0 bridgehead atoms. The average molecular weight is 593 g/mol. The van der Waals surface area contributed by atoms with Crippen molar-refractivity contribution in [2.24, 2.45) is 0 Å². The Morgan fingerprint density at radius 3 is 2.67 bits per heavy atom. The Morgan fingerprint density at radius 1 is 1.07 bits per heavy atom. The van der Waals surface area contributed by atoms with Gasteiger partial charge in [-0.15, -0.1) is 0 Å². The molecule has 0 radical (unpaired) electrons. The number of hydrogen-bond acceptors (Lipinski definition) is 10. The Labute approximate surface area is 245 Å². The van der Waals surface area contributed by atoms with Gasteiger partial charge in [-0.05, 0) is 35.4 Å². The number of hydrogen-bond donors (Lipinski definition) is 6. The molecule has 6 rings (SSSR count). The standard InChI is InChI=1S/C29H29ClN6O6/c1-14(16-8-4-6-15-5-2-3-7-17(15)16)34-26-22-27(32-12-31-26)36(13-33-22)29-21(25(40)20(11-37)42-29)35-28(41)18-9-10-19(30)24(39)23(18)38/h2-10,12-14,20-21,23-25,29,37-40H,11H2,1H3,(H,35,41)(H,31,32,34)/t14-,20-,21-,23?,24?,25-,29-/m1/s1. The zero-order valence-electron chi connectivity index (χ0n) is 22.4. The Kier molecular flexibility index (Phi) is 7.66. The number of ether oxygens (including phenoxy) is 1. The lowest BCUT2D eigenvalue weighted by Gasteiger charge is -2.27. The number of carbonyl (C=O) groups excluding carboxylic acids is 1. The van der Waals surface area contributed by atoms with E-state index >= 15 is 0 Å². The molecule has 12 nitrogen and oxygen atoms in total. The third kappa shape index (κ3) is 4.91. The van der Waals surface area contributed by atoms with Crippen molar-refractivity contribution in [3.8, 4) is 0 Å². The van der Waals surface area contributed by atoms with Crippen molar-refractivity contribution in [3.63, 3.8) is 0 Å². The maximum Gasteiger partial charge on any atom is 0.250 e. The quantitative estimate of drug-likeness (QED) is 0.185. The van der Waals surface area contributed by atoms with Crippen LogP contribution < -0.4 is 10.6 Å². The van der Waals surface area contributed by atoms with Crippen LogP contribution in [0.4, 0.5) is 5.82 Å². The number of halogens is 1. The minimum atomic E-state index is -1.56. The molecule has 1 aliphatic heterocycles. The minimum absolute atomic E-state index is 0.00902. The highest BCUT2D eigenvalue weighted by Crippen LogP contribution is 2.34. The molecule has 0 saturated carbocycles. The molecule has 7 atom stereocenters. The van der Waals surface area contributed by atoms with Crippen molar-refractivity contribution >= 4 is 45.3 Å². The lowest BCUT2D eigenvalue weighted by Crippen LogP contribution is -2.49. The number of nitrogens with zero attached hydrogens (tertiary/aromatic N) is 4. The summed E-state index contributed by atoms with van der Waals surface area (Å²) in [7, 11) is 0. The molecule has 2 aromatic carbocycles. The molecule has 13 heteroatoms. The van der Waals surface area contributed by atoms with Crippen molar-refractivity contribution in [3.05, 3.63) is 83.4 Å². The van der Waals surface area contributed by atoms with Gasteiger partial charge in [-0.1, -0.05) is 54.1 Å². The molecule has 3 heterocycles. The first-order chi connectivity index (χ1) is 20.3. The summed E-state index contributed by atoms with van der Waals surface area (Å²) in [5.41, 5.74) is 1.75. The largest absolute Gasteiger partial charge is 0.394 e. The van der Waals surface area contributed by atoms with E-state index in [2.05, 4.69) is 49.9 Å². The molecule has 42 heavy (non-hydrogen) atoms. The summed E-state index contributed by atoms with van der Waals surface area (Å²) in [6, 6.07) is 13.0. The first-order valence-electron chi connectivity index (χ1n) is 13.4. The fraction of sp³-hybridized carbons (Fsp3) is 0.310. The summed E-state index contributed by atoms with van der Waals surface area (Å²) < 4.78 is 7.49. The van der Waals surface area contributed by atoms with Gasteiger partial charge < -0.3 is 35.8 Å². The highest BCUT2D eigenvalue weighted by molar-refractivity contribution is 6.30. The molecule has 2 unspecified atom stereocenters. The molecular formula is C29H29ClN6O6. The van der Waals surface area contributed by atoms with Crippen molar-refractivity contribution in [2.45, 2.75) is 49.7 Å². The number of allylic oxidation sites excluding steroid dienone is 2. The van der Waals surface area contributed by atoms with Gasteiger partial charge in [0, 0.05) is 10.6 Å². The number of aliphatic hydroxyl groups is 4. The summed E-state index contributed by atoms with van der Waals surface area (Å²) in [6.07, 6.45) is -0.914. The summed E-state index contributed by atoms with van der Waals surface area (Å²) >= 11 is 5.87. The SMILES string of the molecule is C[C@@H](Nc1ncnc2c1ncn2[C@@H]1O[C@H](CO)[C@@H](O)[C@H]1NC(=O)C1=CC=C(Cl)C(O)C1O)c1cccc2ccccc12. The van der Waals surface area contributed by atoms with E-state index in [1.54, 1.807) is 4.57 Å². The van der Waals surface area contributed by atoms with Gasteiger partial charge in [0.25, 0.3) is 0 Å². The van der Waals surface area contributed by atoms with E-state index in [-0.39, 0.29) is 16.6 Å². The van der Waals surface area contributed by atoms with Crippen LogP contribution in [-0.4, -0.2) is 82.9 Å². The van der Waals surface area contributed by atoms with Crippen LogP contribution in [0.3, 0.4) is 0 Å². The number of aromatic nitrogens is 4. The van der Waals surface area contributed by atoms with Crippen LogP contribution in [0, 0.1) is 0 Å². The predicted octanol–water partition coefficient (Wildman–Crippen LogP) is 1.67. The van der Waals surface area contributed by atoms with Gasteiger partial charge in [0.1, 0.15) is 36.8 Å². The van der Waals surface area contributed by atoms with E-state index in [4.69, 9.17) is 16.3 Å². The molecule has 1 aliphatic carbocycles. The number of carbonyl (C=O) groups is 1. The van der Waals surface area contributed by atoms with Crippen molar-refractivity contribution < 1.29 is 30.0 Å². The van der Waals surface area contributed by atoms with Gasteiger partial charge in [0.15, 0.2) is 23.2 Å². The van der Waals surface area contributed by atoms with E-state index < -0.39 is 49.2 Å². The minimum Gasteiger partial charge on any atom is -0.394 e. The van der Waals surface area contributed by atoms with Crippen LogP contribution in [0.15, 0.2) is 77.9 Å². The maximum atomic E-state index is 13.1. The molecule has 2 aromatic heterocycles. The molecule has 218 valence electrons. The summed E-state index contributed by atoms with van der Waals surface area (Å²) in [5, 5.41) is 49.5. The number of rotatable bonds is 7. The number of benzene rings is 2. The molecule has 1 fully saturated rings. The maximum absolute atomic E-state index is 13.1. The topological polar surface area (TPSA) is 175 Å². The molecule has 1 saturated heterocycles. The first-order valence-corrected chi connectivity index (χ1v) is 13.8. The predicted molar refractivity (Wildman–Crippen MR) is 154 cm³/mol. The second kappa shape index (κ2) is 11.4. The summed E-state index contributed by atoms with van der Waals surface area (Å²) in [4.78, 5) is 26.4. The first kappa shape index (κ1) is 28.2. The average Bonchev–Trinajstić information content (AvgIpc) is 3.56. The number of aliphatic hydroxyl groups excluding tert-OH is 4. The van der Waals surface area contributed by atoms with E-state index in [1.165, 1.54) is 24.8 Å². The van der Waals surface area contributed by atoms with E-state index in [1.807, 2.05) is 25.1 Å². The molecule has 6 N–H and O–H groups in total. The van der Waals surface area contributed by atoms with Crippen LogP contribution in [0.25, 0.3) is 21.9 Å². The van der Waals surface area contributed by atoms with E-state index in [9.17, 15) is 25.2 Å². The second-order valence-electron chi connectivity index (χ2n) is 10.3. The Balaban J connectivity index is 1.30. The normalized spacial score (nSPS) is 26.6. The van der Waals surface area contributed by atoms with Crippen LogP contribution >= 0.6 is 11.6 Å². The number of fused-ring (bicyclic) bond motifs is 2. The van der Waals surface area contributed by atoms with E-state index in [0.717, 1.165) is 16.3 Å². The molecule has 2 aliphatic rings. The van der Waals surface area contributed by atoms with Crippen LogP contribution in [-0.2, 0) is 9.53 Å². The van der Waals surface area contributed by atoms with Crippen LogP contribution in [0.1, 0.15) is 24.8 Å². The van der Waals surface area contributed by atoms with Gasteiger partial charge in [0.05, 0.1) is 19.0 Å². The number of anilines is 1. The van der Waals surface area contributed by atoms with Crippen molar-refractivity contribution in [1.82, 2.24) is 24.8 Å². The van der Waals surface area contributed by atoms with Crippen LogP contribution in [0.2, 0.25) is 0 Å². The Bertz CT molecular complexity index is 1700. The second-order valence-corrected chi connectivity index (χ2v) is 10.7. The van der Waals surface area contributed by atoms with Gasteiger partial charge >= 0.3 is 0 Å². The van der Waals surface area contributed by atoms with Gasteiger partial charge in [-0.2, -0.15) is 0 Å². The Morgan fingerprint density at radius 2 is 1.86 bits per heavy atom. The number of imidazole rings is 1. The van der Waals surface area contributed by atoms with Crippen molar-refractivity contribution in [1.29, 1.82) is 0 Å². The fourth-order valence-electron chi connectivity index (χ4n) is 5.48. The summed E-state index contributed by atoms with van der Waals surface area (Å²) in [5.74, 6) is -0.270. The lowest BCUT2D eigenvalue weighted by atomic mass is 9.97. The lowest BCUT2D eigenvalue weighted by molar-refractivity contribution is -0.121. The third-order valence-corrected chi connectivity index (χ3v) is 8.06. The zero-order valence-corrected chi connectivity index (χ0v) is 23.1. The highest BCUT2D eigenvalue weighted by Gasteiger charge is 2.46. The van der Waals surface area contributed by atoms with Gasteiger partial charge in [-0.25, -0.2) is 15.0 Å². The highest BCUT2D eigenvalue weighted by atomic mass is 35.5. The molecule has 1 amide bonds. The fourth-order valence-corrected chi connectivity index (χ4v) is 5.66. The zero-order chi connectivity index (χ0) is 29.5. The van der Waals surface area contributed by atoms with Gasteiger partial charge in [0.2, 0.25) is 5.91 Å². The van der Waals surface area contributed by atoms with Crippen LogP contribution in [0.5, 0.6) is 0 Å². The number of amides is 1. The molecule has 4 aromatic rings. The summed E-state index contributed by atoms with van der Waals surface area (Å²) in [6.45, 7) is 1.51. The van der Waals surface area contributed by atoms with Crippen molar-refractivity contribution in [2.75, 3.05) is 11.9 Å². The molecule has 0 spiro atoms. The monoisotopic (exact) mass is 592 g/mol. The van der Waals surface area contributed by atoms with E-state index in [0.29, 0.717) is 17.0 Å².